The van der Waals surface area contributed by atoms with Gasteiger partial charge in [-0.3, -0.25) is 9.59 Å². The van der Waals surface area contributed by atoms with E-state index in [1.54, 1.807) is 40.7 Å². The summed E-state index contributed by atoms with van der Waals surface area (Å²) in [6.07, 6.45) is -3.12. The maximum atomic E-state index is 12.5. The summed E-state index contributed by atoms with van der Waals surface area (Å²) in [5.74, 6) is -1.19. The molecule has 0 aliphatic rings. The molecule has 0 fully saturated rings. The average molecular weight is 568 g/mol. The lowest BCUT2D eigenvalue weighted by atomic mass is 10.0. The van der Waals surface area contributed by atoms with Crippen molar-refractivity contribution in [3.05, 3.63) is 23.8 Å². The van der Waals surface area contributed by atoms with Crippen molar-refractivity contribution >= 4 is 24.2 Å². The molecule has 0 aliphatic carbocycles. The molecule has 4 atom stereocenters. The maximum Gasteiger partial charge on any atom is 0.514 e. The summed E-state index contributed by atoms with van der Waals surface area (Å²) >= 11 is 0. The minimum Gasteiger partial charge on any atom is -0.468 e. The van der Waals surface area contributed by atoms with Gasteiger partial charge in [-0.25, -0.2) is 9.59 Å². The number of hydrogen-bond acceptors (Lipinski definition) is 11. The number of ether oxygens (including phenoxy) is 6. The molecule has 1 rings (SSSR count). The fourth-order valence-electron chi connectivity index (χ4n) is 2.95. The van der Waals surface area contributed by atoms with Crippen LogP contribution in [0.15, 0.2) is 18.2 Å². The van der Waals surface area contributed by atoms with E-state index >= 15 is 0 Å². The second-order valence-electron chi connectivity index (χ2n) is 10.7. The average Bonchev–Trinajstić information content (AvgIpc) is 2.86. The quantitative estimate of drug-likeness (QED) is 0.183. The van der Waals surface area contributed by atoms with Gasteiger partial charge in [0.15, 0.2) is 11.5 Å². The number of hydrogen-bond donors (Lipinski definition) is 1. The predicted molar refractivity (Wildman–Crippen MR) is 147 cm³/mol. The third kappa shape index (κ3) is 12.2. The molecule has 226 valence electrons. The zero-order valence-electron chi connectivity index (χ0n) is 25.3. The van der Waals surface area contributed by atoms with E-state index in [1.807, 2.05) is 27.7 Å². The first-order valence-corrected chi connectivity index (χ1v) is 13.6. The van der Waals surface area contributed by atoms with Crippen LogP contribution in [-0.4, -0.2) is 62.3 Å². The van der Waals surface area contributed by atoms with Crippen LogP contribution >= 0.6 is 0 Å². The highest BCUT2D eigenvalue weighted by atomic mass is 16.8. The van der Waals surface area contributed by atoms with Crippen LogP contribution < -0.4 is 14.8 Å². The highest BCUT2D eigenvalue weighted by Crippen LogP contribution is 2.30. The minimum atomic E-state index is -0.976. The SMILES string of the molecule is COC(=O)[C@H](Cc1ccc(OC(=O)OC(C)C(C)C)c(OC(=O)OC(C)C(C)C)c1)NCC(C)OC(=O)C(C)C. The van der Waals surface area contributed by atoms with Crippen molar-refractivity contribution in [2.24, 2.45) is 17.8 Å². The Bertz CT molecular complexity index is 991. The van der Waals surface area contributed by atoms with Crippen LogP contribution in [0.3, 0.4) is 0 Å². The van der Waals surface area contributed by atoms with E-state index in [-0.39, 0.29) is 48.2 Å². The molecule has 11 heteroatoms. The number of carbonyl (C=O) groups excluding carboxylic acids is 4. The molecular weight excluding hydrogens is 522 g/mol. The van der Waals surface area contributed by atoms with Gasteiger partial charge >= 0.3 is 24.2 Å². The molecule has 0 bridgehead atoms. The summed E-state index contributed by atoms with van der Waals surface area (Å²) in [6.45, 7) is 16.4. The number of benzene rings is 1. The summed E-state index contributed by atoms with van der Waals surface area (Å²) in [5, 5.41) is 3.05. The second-order valence-corrected chi connectivity index (χ2v) is 10.7. The van der Waals surface area contributed by atoms with Gasteiger partial charge in [0.1, 0.15) is 24.4 Å². The van der Waals surface area contributed by atoms with Crippen LogP contribution in [0.25, 0.3) is 0 Å². The molecule has 40 heavy (non-hydrogen) atoms. The van der Waals surface area contributed by atoms with Gasteiger partial charge in [-0.1, -0.05) is 47.6 Å². The Morgan fingerprint density at radius 1 is 0.725 bits per heavy atom. The van der Waals surface area contributed by atoms with Crippen LogP contribution in [0.2, 0.25) is 0 Å². The highest BCUT2D eigenvalue weighted by Gasteiger charge is 2.25. The Kier molecular flexibility index (Phi) is 14.5. The normalized spacial score (nSPS) is 14.2. The van der Waals surface area contributed by atoms with E-state index in [0.29, 0.717) is 5.56 Å². The number of nitrogens with one attached hydrogen (secondary N) is 1. The summed E-state index contributed by atoms with van der Waals surface area (Å²) in [6, 6.07) is 3.71. The van der Waals surface area contributed by atoms with E-state index in [0.717, 1.165) is 0 Å². The first-order chi connectivity index (χ1) is 18.6. The molecule has 0 saturated heterocycles. The summed E-state index contributed by atoms with van der Waals surface area (Å²) in [4.78, 5) is 49.2. The van der Waals surface area contributed by atoms with Gasteiger partial charge in [0.2, 0.25) is 0 Å². The Morgan fingerprint density at radius 3 is 1.73 bits per heavy atom. The summed E-state index contributed by atoms with van der Waals surface area (Å²) in [5.41, 5.74) is 0.561. The first kappa shape index (κ1) is 34.7. The van der Waals surface area contributed by atoms with Gasteiger partial charge < -0.3 is 33.7 Å². The largest absolute Gasteiger partial charge is 0.514 e. The fraction of sp³-hybridized carbons (Fsp3) is 0.655. The Balaban J connectivity index is 3.15. The van der Waals surface area contributed by atoms with Crippen LogP contribution in [-0.2, 0) is 35.0 Å². The molecule has 0 radical (unpaired) electrons. The van der Waals surface area contributed by atoms with E-state index in [1.165, 1.54) is 19.2 Å². The Morgan fingerprint density at radius 2 is 1.25 bits per heavy atom. The van der Waals surface area contributed by atoms with Crippen LogP contribution in [0.5, 0.6) is 11.5 Å². The third-order valence-corrected chi connectivity index (χ3v) is 6.20. The molecule has 11 nitrogen and oxygen atoms in total. The molecule has 0 spiro atoms. The van der Waals surface area contributed by atoms with Crippen molar-refractivity contribution in [1.29, 1.82) is 0 Å². The zero-order valence-corrected chi connectivity index (χ0v) is 25.3. The first-order valence-electron chi connectivity index (χ1n) is 13.6. The Hall–Kier alpha value is -3.34. The lowest BCUT2D eigenvalue weighted by Crippen LogP contribution is -2.43. The van der Waals surface area contributed by atoms with E-state index in [4.69, 9.17) is 28.4 Å². The lowest BCUT2D eigenvalue weighted by molar-refractivity contribution is -0.152. The number of methoxy groups -OCH3 is 1. The van der Waals surface area contributed by atoms with Gasteiger partial charge in [0.05, 0.1) is 13.0 Å². The van der Waals surface area contributed by atoms with Crippen LogP contribution in [0, 0.1) is 17.8 Å². The van der Waals surface area contributed by atoms with Gasteiger partial charge in [-0.2, -0.15) is 0 Å². The molecule has 0 aliphatic heterocycles. The number of esters is 2. The van der Waals surface area contributed by atoms with Crippen LogP contribution in [0.1, 0.15) is 67.9 Å². The fourth-order valence-corrected chi connectivity index (χ4v) is 2.95. The van der Waals surface area contributed by atoms with Crippen LogP contribution in [0.4, 0.5) is 9.59 Å². The topological polar surface area (TPSA) is 136 Å². The van der Waals surface area contributed by atoms with E-state index < -0.39 is 42.6 Å². The minimum absolute atomic E-state index is 0.0520. The highest BCUT2D eigenvalue weighted by molar-refractivity contribution is 5.76. The molecule has 0 aromatic heterocycles. The number of carbonyl (C=O) groups is 4. The van der Waals surface area contributed by atoms with E-state index in [2.05, 4.69) is 5.32 Å². The lowest BCUT2D eigenvalue weighted by Gasteiger charge is -2.21. The molecule has 1 aromatic carbocycles. The van der Waals surface area contributed by atoms with Crippen molar-refractivity contribution in [3.63, 3.8) is 0 Å². The third-order valence-electron chi connectivity index (χ3n) is 6.20. The zero-order chi connectivity index (χ0) is 30.6. The predicted octanol–water partition coefficient (Wildman–Crippen LogP) is 5.07. The summed E-state index contributed by atoms with van der Waals surface area (Å²) in [7, 11) is 1.26. The Labute approximate surface area is 237 Å². The standard InChI is InChI=1S/C29H45NO10/c1-16(2)20(8)37-28(33)39-24-12-11-22(14-25(24)40-29(34)38-21(9)17(3)4)13-23(27(32)35-10)30-15-19(7)36-26(31)18(5)6/h11-12,14,16-21,23,30H,13,15H2,1-10H3/t19?,20?,21?,23-/m0/s1. The summed E-state index contributed by atoms with van der Waals surface area (Å²) < 4.78 is 31.6. The van der Waals surface area contributed by atoms with Gasteiger partial charge in [0.25, 0.3) is 0 Å². The molecule has 0 amide bonds. The van der Waals surface area contributed by atoms with Gasteiger partial charge in [-0.05, 0) is 56.7 Å². The molecule has 3 unspecified atom stereocenters. The van der Waals surface area contributed by atoms with Crippen molar-refractivity contribution in [3.8, 4) is 11.5 Å². The van der Waals surface area contributed by atoms with Gasteiger partial charge in [-0.15, -0.1) is 0 Å². The van der Waals surface area contributed by atoms with Gasteiger partial charge in [0, 0.05) is 6.54 Å². The molecular formula is C29H45NO10. The van der Waals surface area contributed by atoms with E-state index in [9.17, 15) is 19.2 Å². The number of rotatable bonds is 14. The van der Waals surface area contributed by atoms with Crippen molar-refractivity contribution in [2.75, 3.05) is 13.7 Å². The maximum absolute atomic E-state index is 12.5. The second kappa shape index (κ2) is 16.7. The molecule has 1 aromatic rings. The molecule has 0 heterocycles. The molecule has 1 N–H and O–H groups in total. The van der Waals surface area contributed by atoms with Crippen molar-refractivity contribution < 1.29 is 47.6 Å². The van der Waals surface area contributed by atoms with Crippen molar-refractivity contribution in [1.82, 2.24) is 5.32 Å². The monoisotopic (exact) mass is 567 g/mol. The molecule has 0 saturated carbocycles. The van der Waals surface area contributed by atoms with Crippen molar-refractivity contribution in [2.45, 2.75) is 93.1 Å². The smallest absolute Gasteiger partial charge is 0.468 e.